The summed E-state index contributed by atoms with van der Waals surface area (Å²) in [6.45, 7) is 1.69. The second-order valence-electron chi connectivity index (χ2n) is 4.03. The van der Waals surface area contributed by atoms with E-state index in [1.54, 1.807) is 19.1 Å². The van der Waals surface area contributed by atoms with E-state index in [0.717, 1.165) is 6.07 Å². The van der Waals surface area contributed by atoms with E-state index < -0.39 is 11.7 Å². The van der Waals surface area contributed by atoms with Crippen molar-refractivity contribution in [2.75, 3.05) is 5.32 Å². The first-order chi connectivity index (χ1) is 8.99. The molecule has 2 N–H and O–H groups in total. The van der Waals surface area contributed by atoms with E-state index in [2.05, 4.69) is 21.2 Å². The van der Waals surface area contributed by atoms with Gasteiger partial charge >= 0.3 is 0 Å². The molecule has 5 heteroatoms. The Morgan fingerprint density at radius 3 is 2.79 bits per heavy atom. The maximum Gasteiger partial charge on any atom is 0.256 e. The zero-order valence-corrected chi connectivity index (χ0v) is 11.7. The number of nitrogens with one attached hydrogen (secondary N) is 1. The molecule has 98 valence electrons. The summed E-state index contributed by atoms with van der Waals surface area (Å²) in [6.07, 6.45) is 0. The van der Waals surface area contributed by atoms with Crippen LogP contribution in [-0.4, -0.2) is 11.0 Å². The minimum atomic E-state index is -0.485. The lowest BCUT2D eigenvalue weighted by molar-refractivity contribution is 0.102. The van der Waals surface area contributed by atoms with Crippen LogP contribution in [0.15, 0.2) is 40.9 Å². The molecule has 0 heterocycles. The van der Waals surface area contributed by atoms with Gasteiger partial charge in [0.2, 0.25) is 0 Å². The Bertz CT molecular complexity index is 643. The molecule has 2 aromatic rings. The Morgan fingerprint density at radius 1 is 1.32 bits per heavy atom. The predicted octanol–water partition coefficient (Wildman–Crippen LogP) is 3.85. The van der Waals surface area contributed by atoms with Crippen molar-refractivity contribution in [3.05, 3.63) is 57.8 Å². The number of amides is 1. The third kappa shape index (κ3) is 2.93. The van der Waals surface area contributed by atoms with Crippen LogP contribution in [0.3, 0.4) is 0 Å². The van der Waals surface area contributed by atoms with Crippen molar-refractivity contribution < 1.29 is 14.3 Å². The second-order valence-corrected chi connectivity index (χ2v) is 4.88. The molecule has 2 rings (SSSR count). The normalized spacial score (nSPS) is 10.3. The molecule has 0 saturated heterocycles. The molecule has 2 aromatic carbocycles. The number of hydrogen-bond donors (Lipinski definition) is 2. The van der Waals surface area contributed by atoms with Gasteiger partial charge in [-0.25, -0.2) is 4.39 Å². The molecule has 0 atom stereocenters. The first-order valence-electron chi connectivity index (χ1n) is 5.54. The highest BCUT2D eigenvalue weighted by Crippen LogP contribution is 2.25. The fourth-order valence-corrected chi connectivity index (χ4v) is 2.05. The summed E-state index contributed by atoms with van der Waals surface area (Å²) >= 11 is 3.20. The number of hydrogen-bond acceptors (Lipinski definition) is 2. The minimum Gasteiger partial charge on any atom is -0.508 e. The van der Waals surface area contributed by atoms with Gasteiger partial charge in [0.05, 0.1) is 5.56 Å². The van der Waals surface area contributed by atoms with E-state index in [1.165, 1.54) is 18.2 Å². The van der Waals surface area contributed by atoms with E-state index in [1.807, 2.05) is 0 Å². The largest absolute Gasteiger partial charge is 0.508 e. The summed E-state index contributed by atoms with van der Waals surface area (Å²) in [5, 5.41) is 12.2. The molecule has 0 unspecified atom stereocenters. The van der Waals surface area contributed by atoms with E-state index in [-0.39, 0.29) is 11.3 Å². The molecule has 1 amide bonds. The Balaban J connectivity index is 2.31. The van der Waals surface area contributed by atoms with Crippen molar-refractivity contribution >= 4 is 27.5 Å². The van der Waals surface area contributed by atoms with E-state index in [4.69, 9.17) is 0 Å². The summed E-state index contributed by atoms with van der Waals surface area (Å²) in [4.78, 5) is 12.1. The lowest BCUT2D eigenvalue weighted by Crippen LogP contribution is -2.13. The van der Waals surface area contributed by atoms with E-state index in [0.29, 0.717) is 15.7 Å². The maximum absolute atomic E-state index is 13.1. The summed E-state index contributed by atoms with van der Waals surface area (Å²) < 4.78 is 13.7. The van der Waals surface area contributed by atoms with Gasteiger partial charge in [-0.3, -0.25) is 4.79 Å². The van der Waals surface area contributed by atoms with Crippen molar-refractivity contribution in [2.24, 2.45) is 0 Å². The zero-order chi connectivity index (χ0) is 14.0. The molecular weight excluding hydrogens is 313 g/mol. The smallest absolute Gasteiger partial charge is 0.256 e. The van der Waals surface area contributed by atoms with Gasteiger partial charge < -0.3 is 10.4 Å². The van der Waals surface area contributed by atoms with Crippen LogP contribution >= 0.6 is 15.9 Å². The molecule has 0 radical (unpaired) electrons. The first kappa shape index (κ1) is 13.5. The number of phenolic OH excluding ortho intramolecular Hbond substituents is 1. The molecule has 0 aliphatic rings. The van der Waals surface area contributed by atoms with Gasteiger partial charge in [0.25, 0.3) is 5.91 Å². The number of anilines is 1. The summed E-state index contributed by atoms with van der Waals surface area (Å²) in [7, 11) is 0. The van der Waals surface area contributed by atoms with Gasteiger partial charge in [0.15, 0.2) is 0 Å². The molecule has 0 aliphatic carbocycles. The van der Waals surface area contributed by atoms with Crippen molar-refractivity contribution in [1.82, 2.24) is 0 Å². The van der Waals surface area contributed by atoms with Crippen LogP contribution in [0.25, 0.3) is 0 Å². The lowest BCUT2D eigenvalue weighted by atomic mass is 10.1. The number of rotatable bonds is 2. The number of halogens is 2. The minimum absolute atomic E-state index is 0.0936. The standard InChI is InChI=1S/C14H11BrFNO2/c1-8-12(3-2-4-13(8)18)17-14(19)10-7-9(16)5-6-11(10)15/h2-7,18H,1H3,(H,17,19). The SMILES string of the molecule is Cc1c(O)cccc1NC(=O)c1cc(F)ccc1Br. The van der Waals surface area contributed by atoms with Crippen LogP contribution in [0.1, 0.15) is 15.9 Å². The summed E-state index contributed by atoms with van der Waals surface area (Å²) in [5.74, 6) is -0.836. The third-order valence-electron chi connectivity index (χ3n) is 2.73. The van der Waals surface area contributed by atoms with Crippen LogP contribution in [-0.2, 0) is 0 Å². The van der Waals surface area contributed by atoms with Crippen molar-refractivity contribution in [2.45, 2.75) is 6.92 Å². The van der Waals surface area contributed by atoms with Crippen LogP contribution < -0.4 is 5.32 Å². The average Bonchev–Trinajstić information content (AvgIpc) is 2.38. The first-order valence-corrected chi connectivity index (χ1v) is 6.33. The highest BCUT2D eigenvalue weighted by Gasteiger charge is 2.13. The molecule has 19 heavy (non-hydrogen) atoms. The number of phenols is 1. The number of carbonyl (C=O) groups is 1. The molecular formula is C14H11BrFNO2. The van der Waals surface area contributed by atoms with E-state index in [9.17, 15) is 14.3 Å². The van der Waals surface area contributed by atoms with Crippen LogP contribution in [0.2, 0.25) is 0 Å². The molecule has 0 saturated carbocycles. The van der Waals surface area contributed by atoms with Crippen molar-refractivity contribution in [3.63, 3.8) is 0 Å². The maximum atomic E-state index is 13.1. The van der Waals surface area contributed by atoms with Crippen LogP contribution in [0.5, 0.6) is 5.75 Å². The second kappa shape index (κ2) is 5.40. The molecule has 0 spiro atoms. The average molecular weight is 324 g/mol. The third-order valence-corrected chi connectivity index (χ3v) is 3.42. The van der Waals surface area contributed by atoms with Crippen LogP contribution in [0, 0.1) is 12.7 Å². The highest BCUT2D eigenvalue weighted by molar-refractivity contribution is 9.10. The van der Waals surface area contributed by atoms with E-state index >= 15 is 0 Å². The Morgan fingerprint density at radius 2 is 2.05 bits per heavy atom. The number of benzene rings is 2. The Hall–Kier alpha value is -1.88. The molecule has 0 fully saturated rings. The van der Waals surface area contributed by atoms with Crippen LogP contribution in [0.4, 0.5) is 10.1 Å². The van der Waals surface area contributed by atoms with Gasteiger partial charge in [-0.15, -0.1) is 0 Å². The number of carbonyl (C=O) groups excluding carboxylic acids is 1. The fraction of sp³-hybridized carbons (Fsp3) is 0.0714. The molecule has 3 nitrogen and oxygen atoms in total. The highest BCUT2D eigenvalue weighted by atomic mass is 79.9. The fourth-order valence-electron chi connectivity index (χ4n) is 1.62. The van der Waals surface area contributed by atoms with Crippen molar-refractivity contribution in [3.8, 4) is 5.75 Å². The van der Waals surface area contributed by atoms with Gasteiger partial charge in [0.1, 0.15) is 11.6 Å². The molecule has 0 aliphatic heterocycles. The Kier molecular flexibility index (Phi) is 3.85. The lowest BCUT2D eigenvalue weighted by Gasteiger charge is -2.10. The summed E-state index contributed by atoms with van der Waals surface area (Å²) in [5.41, 5.74) is 1.24. The van der Waals surface area contributed by atoms with Gasteiger partial charge in [-0.2, -0.15) is 0 Å². The quantitative estimate of drug-likeness (QED) is 0.881. The topological polar surface area (TPSA) is 49.3 Å². The van der Waals surface area contributed by atoms with Gasteiger partial charge in [-0.05, 0) is 53.2 Å². The van der Waals surface area contributed by atoms with Gasteiger partial charge in [-0.1, -0.05) is 6.07 Å². The molecule has 0 aromatic heterocycles. The van der Waals surface area contributed by atoms with Gasteiger partial charge in [0, 0.05) is 15.7 Å². The predicted molar refractivity (Wildman–Crippen MR) is 74.9 cm³/mol. The monoisotopic (exact) mass is 323 g/mol. The Labute approximate surface area is 118 Å². The summed E-state index contributed by atoms with van der Waals surface area (Å²) in [6, 6.07) is 8.71. The molecule has 0 bridgehead atoms. The van der Waals surface area contributed by atoms with Crippen molar-refractivity contribution in [1.29, 1.82) is 0 Å². The number of aromatic hydroxyl groups is 1. The zero-order valence-electron chi connectivity index (χ0n) is 10.1.